The Hall–Kier alpha value is -3.58. The van der Waals surface area contributed by atoms with E-state index in [-0.39, 0.29) is 22.3 Å². The van der Waals surface area contributed by atoms with Crippen molar-refractivity contribution in [3.63, 3.8) is 0 Å². The molecule has 3 aromatic rings. The highest BCUT2D eigenvalue weighted by molar-refractivity contribution is 5.88. The van der Waals surface area contributed by atoms with E-state index in [0.29, 0.717) is 17.7 Å². The molecule has 0 saturated heterocycles. The van der Waals surface area contributed by atoms with Crippen molar-refractivity contribution in [1.29, 1.82) is 0 Å². The van der Waals surface area contributed by atoms with E-state index in [1.807, 2.05) is 0 Å². The molecule has 0 N–H and O–H groups in total. The standard InChI is InChI=1S/C18H12F7N5O2/c1-16(19,20)12-3-2-10(13(5-12)30(31)32)6-26-15-4-11-7-28-29(14(11)8-27-15)9-17(21,22)18(23,24)25/h2-8H,9H2,1H3. The van der Waals surface area contributed by atoms with Gasteiger partial charge in [0.2, 0.25) is 0 Å². The number of rotatable bonds is 6. The van der Waals surface area contributed by atoms with E-state index in [1.54, 1.807) is 0 Å². The summed E-state index contributed by atoms with van der Waals surface area (Å²) in [6.45, 7) is -1.16. The zero-order chi connectivity index (χ0) is 23.9. The van der Waals surface area contributed by atoms with Crippen LogP contribution in [0, 0.1) is 10.1 Å². The number of aromatic nitrogens is 3. The lowest BCUT2D eigenvalue weighted by atomic mass is 10.1. The van der Waals surface area contributed by atoms with Gasteiger partial charge in [-0.05, 0) is 12.1 Å². The van der Waals surface area contributed by atoms with Gasteiger partial charge in [0.05, 0.1) is 28.4 Å². The molecule has 0 fully saturated rings. The van der Waals surface area contributed by atoms with Gasteiger partial charge in [-0.2, -0.15) is 27.1 Å². The maximum atomic E-state index is 13.4. The van der Waals surface area contributed by atoms with Gasteiger partial charge in [0, 0.05) is 30.2 Å². The minimum atomic E-state index is -5.76. The molecule has 14 heteroatoms. The number of nitro benzene ring substituents is 1. The molecular weight excluding hydrogens is 451 g/mol. The van der Waals surface area contributed by atoms with Crippen molar-refractivity contribution in [1.82, 2.24) is 14.8 Å². The molecule has 7 nitrogen and oxygen atoms in total. The molecule has 170 valence electrons. The molecule has 2 heterocycles. The Morgan fingerprint density at radius 2 is 1.81 bits per heavy atom. The molecular formula is C18H12F7N5O2. The van der Waals surface area contributed by atoms with E-state index < -0.39 is 40.7 Å². The minimum Gasteiger partial charge on any atom is -0.258 e. The maximum absolute atomic E-state index is 13.4. The minimum absolute atomic E-state index is 0.0705. The van der Waals surface area contributed by atoms with Gasteiger partial charge in [-0.15, -0.1) is 0 Å². The number of benzene rings is 1. The highest BCUT2D eigenvalue weighted by Crippen LogP contribution is 2.37. The fourth-order valence-electron chi connectivity index (χ4n) is 2.66. The molecule has 2 aromatic heterocycles. The van der Waals surface area contributed by atoms with E-state index in [4.69, 9.17) is 0 Å². The van der Waals surface area contributed by atoms with Crippen LogP contribution in [-0.2, 0) is 12.5 Å². The van der Waals surface area contributed by atoms with Gasteiger partial charge in [0.1, 0.15) is 6.54 Å². The monoisotopic (exact) mass is 463 g/mol. The molecule has 0 bridgehead atoms. The highest BCUT2D eigenvalue weighted by Gasteiger charge is 2.57. The third-order valence-electron chi connectivity index (χ3n) is 4.35. The van der Waals surface area contributed by atoms with Gasteiger partial charge in [-0.1, -0.05) is 6.07 Å². The van der Waals surface area contributed by atoms with Crippen LogP contribution in [0.5, 0.6) is 0 Å². The Morgan fingerprint density at radius 3 is 2.41 bits per heavy atom. The Kier molecular flexibility index (Phi) is 5.65. The quantitative estimate of drug-likeness (QED) is 0.212. The van der Waals surface area contributed by atoms with Crippen LogP contribution >= 0.6 is 0 Å². The van der Waals surface area contributed by atoms with Crippen molar-refractivity contribution in [2.45, 2.75) is 31.5 Å². The van der Waals surface area contributed by atoms with Crippen LogP contribution in [0.2, 0.25) is 0 Å². The predicted molar refractivity (Wildman–Crippen MR) is 98.4 cm³/mol. The number of pyridine rings is 1. The average molecular weight is 463 g/mol. The van der Waals surface area contributed by atoms with Crippen molar-refractivity contribution in [2.24, 2.45) is 4.99 Å². The number of nitrogens with zero attached hydrogens (tertiary/aromatic N) is 5. The third kappa shape index (κ3) is 4.68. The van der Waals surface area contributed by atoms with Gasteiger partial charge < -0.3 is 0 Å². The molecule has 1 aromatic carbocycles. The first-order valence-electron chi connectivity index (χ1n) is 8.66. The van der Waals surface area contributed by atoms with E-state index >= 15 is 0 Å². The van der Waals surface area contributed by atoms with Gasteiger partial charge >= 0.3 is 12.1 Å². The number of aliphatic imine (C=N–C) groups is 1. The first-order valence-corrected chi connectivity index (χ1v) is 8.66. The summed E-state index contributed by atoms with van der Waals surface area (Å²) in [6, 6.07) is 3.99. The number of halogens is 7. The third-order valence-corrected chi connectivity index (χ3v) is 4.35. The van der Waals surface area contributed by atoms with Crippen LogP contribution in [0.3, 0.4) is 0 Å². The van der Waals surface area contributed by atoms with Crippen molar-refractivity contribution < 1.29 is 35.7 Å². The van der Waals surface area contributed by atoms with Crippen molar-refractivity contribution in [2.75, 3.05) is 0 Å². The average Bonchev–Trinajstić information content (AvgIpc) is 3.06. The summed E-state index contributed by atoms with van der Waals surface area (Å²) < 4.78 is 91.1. The summed E-state index contributed by atoms with van der Waals surface area (Å²) in [5.41, 5.74) is -1.42. The van der Waals surface area contributed by atoms with E-state index in [0.717, 1.165) is 30.7 Å². The number of alkyl halides is 7. The second-order valence-corrected chi connectivity index (χ2v) is 6.78. The summed E-state index contributed by atoms with van der Waals surface area (Å²) in [4.78, 5) is 18.0. The molecule has 0 aliphatic heterocycles. The van der Waals surface area contributed by atoms with Gasteiger partial charge in [-0.3, -0.25) is 14.8 Å². The molecule has 0 saturated carbocycles. The SMILES string of the molecule is CC(F)(F)c1ccc(C=Nc2cc3cnn(CC(F)(F)C(F)(F)F)c3cn2)c([N+](=O)[O-])c1. The lowest BCUT2D eigenvalue weighted by Crippen LogP contribution is -2.40. The van der Waals surface area contributed by atoms with E-state index in [9.17, 15) is 40.8 Å². The van der Waals surface area contributed by atoms with Gasteiger partial charge in [-0.25, -0.2) is 18.8 Å². The second-order valence-electron chi connectivity index (χ2n) is 6.78. The van der Waals surface area contributed by atoms with E-state index in [2.05, 4.69) is 15.1 Å². The lowest BCUT2D eigenvalue weighted by Gasteiger charge is -2.19. The Bertz CT molecular complexity index is 1200. The molecule has 0 amide bonds. The predicted octanol–water partition coefficient (Wildman–Crippen LogP) is 5.40. The van der Waals surface area contributed by atoms with E-state index in [1.165, 1.54) is 6.07 Å². The van der Waals surface area contributed by atoms with Crippen LogP contribution in [-0.4, -0.2) is 38.0 Å². The van der Waals surface area contributed by atoms with Crippen LogP contribution in [0.4, 0.5) is 42.2 Å². The van der Waals surface area contributed by atoms with Gasteiger partial charge in [0.15, 0.2) is 5.82 Å². The van der Waals surface area contributed by atoms with Crippen molar-refractivity contribution in [3.8, 4) is 0 Å². The smallest absolute Gasteiger partial charge is 0.258 e. The first-order chi connectivity index (χ1) is 14.7. The lowest BCUT2D eigenvalue weighted by molar-refractivity contribution is -0.385. The number of hydrogen-bond donors (Lipinski definition) is 0. The highest BCUT2D eigenvalue weighted by atomic mass is 19.4. The molecule has 0 atom stereocenters. The Morgan fingerprint density at radius 1 is 1.12 bits per heavy atom. The molecule has 0 aliphatic rings. The van der Waals surface area contributed by atoms with Crippen LogP contribution in [0.1, 0.15) is 18.1 Å². The zero-order valence-corrected chi connectivity index (χ0v) is 15.9. The first kappa shape index (κ1) is 23.1. The number of nitro groups is 1. The zero-order valence-electron chi connectivity index (χ0n) is 15.9. The fourth-order valence-corrected chi connectivity index (χ4v) is 2.66. The fraction of sp³-hybridized carbons (Fsp3) is 0.278. The summed E-state index contributed by atoms with van der Waals surface area (Å²) in [7, 11) is 0. The van der Waals surface area contributed by atoms with Crippen molar-refractivity contribution >= 4 is 28.6 Å². The second kappa shape index (κ2) is 7.84. The number of hydrogen-bond acceptors (Lipinski definition) is 5. The molecule has 0 spiro atoms. The molecule has 32 heavy (non-hydrogen) atoms. The topological polar surface area (TPSA) is 86.2 Å². The van der Waals surface area contributed by atoms with Crippen LogP contribution in [0.25, 0.3) is 10.9 Å². The summed E-state index contributed by atoms with van der Waals surface area (Å²) in [6.07, 6.45) is -2.76. The van der Waals surface area contributed by atoms with Crippen molar-refractivity contribution in [3.05, 3.63) is 57.9 Å². The van der Waals surface area contributed by atoms with Crippen LogP contribution < -0.4 is 0 Å². The maximum Gasteiger partial charge on any atom is 0.455 e. The molecule has 0 aliphatic carbocycles. The van der Waals surface area contributed by atoms with Gasteiger partial charge in [0.25, 0.3) is 11.6 Å². The Balaban J connectivity index is 1.90. The molecule has 0 radical (unpaired) electrons. The summed E-state index contributed by atoms with van der Waals surface area (Å²) >= 11 is 0. The molecule has 0 unspecified atom stereocenters. The largest absolute Gasteiger partial charge is 0.455 e. The normalized spacial score (nSPS) is 13.2. The summed E-state index contributed by atoms with van der Waals surface area (Å²) in [5, 5.41) is 14.9. The summed E-state index contributed by atoms with van der Waals surface area (Å²) in [5.74, 6) is -8.38. The number of fused-ring (bicyclic) bond motifs is 1. The Labute approximate surface area is 174 Å². The molecule has 3 rings (SSSR count). The van der Waals surface area contributed by atoms with Crippen LogP contribution in [0.15, 0.2) is 41.7 Å².